The zero-order valence-electron chi connectivity index (χ0n) is 8.23. The first kappa shape index (κ1) is 10.1. The summed E-state index contributed by atoms with van der Waals surface area (Å²) in [6.07, 6.45) is 0. The minimum Gasteiger partial charge on any atom is -0.322 e. The van der Waals surface area contributed by atoms with Gasteiger partial charge in [-0.3, -0.25) is 4.79 Å². The minimum atomic E-state index is -0.266. The summed E-state index contributed by atoms with van der Waals surface area (Å²) in [5, 5.41) is 1.95. The highest BCUT2D eigenvalue weighted by Crippen LogP contribution is 2.21. The lowest BCUT2D eigenvalue weighted by Gasteiger charge is -2.05. The largest absolute Gasteiger partial charge is 0.322 e. The number of nitrogens with one attached hydrogen (secondary N) is 1. The van der Waals surface area contributed by atoms with E-state index in [4.69, 9.17) is 5.73 Å². The standard InChI is InChI=1S/C10H11N3OS/c1-6(11)10-12-7(5-9(14)13-10)8-3-2-4-15-8/h2-6H,11H2,1H3,(H,12,13,14). The van der Waals surface area contributed by atoms with Crippen LogP contribution in [0.5, 0.6) is 0 Å². The second-order valence-corrected chi connectivity index (χ2v) is 4.23. The van der Waals surface area contributed by atoms with Crippen LogP contribution in [0.4, 0.5) is 0 Å². The molecule has 4 nitrogen and oxygen atoms in total. The van der Waals surface area contributed by atoms with Crippen molar-refractivity contribution < 1.29 is 0 Å². The maximum absolute atomic E-state index is 11.4. The van der Waals surface area contributed by atoms with Gasteiger partial charge in [0.15, 0.2) is 0 Å². The number of rotatable bonds is 2. The molecule has 0 aromatic carbocycles. The molecule has 5 heteroatoms. The Kier molecular flexibility index (Phi) is 2.66. The van der Waals surface area contributed by atoms with Gasteiger partial charge < -0.3 is 10.7 Å². The predicted molar refractivity (Wildman–Crippen MR) is 60.8 cm³/mol. The van der Waals surface area contributed by atoms with Gasteiger partial charge in [-0.1, -0.05) is 6.07 Å². The molecule has 0 saturated carbocycles. The SMILES string of the molecule is CC(N)c1nc(-c2cccs2)cc(=O)[nH]1. The fourth-order valence-corrected chi connectivity index (χ4v) is 1.93. The number of hydrogen-bond donors (Lipinski definition) is 2. The molecule has 2 heterocycles. The summed E-state index contributed by atoms with van der Waals surface area (Å²) >= 11 is 1.55. The van der Waals surface area contributed by atoms with Crippen molar-refractivity contribution in [2.75, 3.05) is 0 Å². The van der Waals surface area contributed by atoms with E-state index in [9.17, 15) is 4.79 Å². The van der Waals surface area contributed by atoms with Gasteiger partial charge in [0.2, 0.25) is 0 Å². The van der Waals surface area contributed by atoms with Crippen molar-refractivity contribution in [2.45, 2.75) is 13.0 Å². The van der Waals surface area contributed by atoms with Crippen LogP contribution < -0.4 is 11.3 Å². The highest BCUT2D eigenvalue weighted by Gasteiger charge is 2.07. The Morgan fingerprint density at radius 1 is 1.60 bits per heavy atom. The lowest BCUT2D eigenvalue weighted by molar-refractivity contribution is 0.735. The van der Waals surface area contributed by atoms with Crippen molar-refractivity contribution >= 4 is 11.3 Å². The zero-order chi connectivity index (χ0) is 10.8. The Labute approximate surface area is 90.8 Å². The second-order valence-electron chi connectivity index (χ2n) is 3.28. The molecule has 0 spiro atoms. The van der Waals surface area contributed by atoms with Gasteiger partial charge in [0.1, 0.15) is 5.82 Å². The summed E-state index contributed by atoms with van der Waals surface area (Å²) in [6, 6.07) is 5.07. The fraction of sp³-hybridized carbons (Fsp3) is 0.200. The predicted octanol–water partition coefficient (Wildman–Crippen LogP) is 1.52. The summed E-state index contributed by atoms with van der Waals surface area (Å²) in [4.78, 5) is 19.3. The molecular weight excluding hydrogens is 210 g/mol. The van der Waals surface area contributed by atoms with Crippen molar-refractivity contribution in [3.8, 4) is 10.6 Å². The van der Waals surface area contributed by atoms with Crippen LogP contribution >= 0.6 is 11.3 Å². The topological polar surface area (TPSA) is 71.8 Å². The van der Waals surface area contributed by atoms with Gasteiger partial charge in [0.25, 0.3) is 5.56 Å². The van der Waals surface area contributed by atoms with E-state index in [1.165, 1.54) is 6.07 Å². The molecule has 2 rings (SSSR count). The van der Waals surface area contributed by atoms with Crippen LogP contribution in [0.3, 0.4) is 0 Å². The van der Waals surface area contributed by atoms with Gasteiger partial charge in [0, 0.05) is 6.07 Å². The maximum Gasteiger partial charge on any atom is 0.251 e. The van der Waals surface area contributed by atoms with Gasteiger partial charge in [-0.25, -0.2) is 4.98 Å². The first-order valence-corrected chi connectivity index (χ1v) is 5.45. The van der Waals surface area contributed by atoms with Crippen LogP contribution in [0.1, 0.15) is 18.8 Å². The highest BCUT2D eigenvalue weighted by atomic mass is 32.1. The number of hydrogen-bond acceptors (Lipinski definition) is 4. The lowest BCUT2D eigenvalue weighted by atomic mass is 10.3. The maximum atomic E-state index is 11.4. The summed E-state index contributed by atoms with van der Waals surface area (Å²) in [6.45, 7) is 1.79. The molecule has 2 aromatic rings. The monoisotopic (exact) mass is 221 g/mol. The van der Waals surface area contributed by atoms with Gasteiger partial charge in [0.05, 0.1) is 16.6 Å². The van der Waals surface area contributed by atoms with Crippen LogP contribution in [0.15, 0.2) is 28.4 Å². The van der Waals surface area contributed by atoms with Gasteiger partial charge in [-0.15, -0.1) is 11.3 Å². The normalized spacial score (nSPS) is 12.7. The molecule has 0 aliphatic carbocycles. The molecule has 0 bridgehead atoms. The van der Waals surface area contributed by atoms with E-state index < -0.39 is 0 Å². The number of thiophene rings is 1. The molecule has 3 N–H and O–H groups in total. The summed E-state index contributed by atoms with van der Waals surface area (Å²) in [5.41, 5.74) is 6.19. The Bertz CT molecular complexity index is 502. The molecule has 0 aliphatic rings. The van der Waals surface area contributed by atoms with Crippen LogP contribution in [0.2, 0.25) is 0 Å². The third kappa shape index (κ3) is 2.14. The molecule has 78 valence electrons. The summed E-state index contributed by atoms with van der Waals surface area (Å²) in [7, 11) is 0. The molecule has 1 atom stereocenters. The average molecular weight is 221 g/mol. The van der Waals surface area contributed by atoms with Crippen molar-refractivity contribution in [3.63, 3.8) is 0 Å². The van der Waals surface area contributed by atoms with Crippen molar-refractivity contribution in [1.29, 1.82) is 0 Å². The van der Waals surface area contributed by atoms with E-state index in [2.05, 4.69) is 9.97 Å². The van der Waals surface area contributed by atoms with Crippen molar-refractivity contribution in [1.82, 2.24) is 9.97 Å². The smallest absolute Gasteiger partial charge is 0.251 e. The zero-order valence-corrected chi connectivity index (χ0v) is 9.04. The second kappa shape index (κ2) is 3.96. The van der Waals surface area contributed by atoms with Crippen molar-refractivity contribution in [3.05, 3.63) is 39.8 Å². The summed E-state index contributed by atoms with van der Waals surface area (Å²) in [5.74, 6) is 0.519. The number of aromatic nitrogens is 2. The molecule has 15 heavy (non-hydrogen) atoms. The number of aromatic amines is 1. The van der Waals surface area contributed by atoms with E-state index in [0.29, 0.717) is 11.5 Å². The van der Waals surface area contributed by atoms with Crippen LogP contribution in [0.25, 0.3) is 10.6 Å². The van der Waals surface area contributed by atoms with Gasteiger partial charge in [-0.05, 0) is 18.4 Å². The first-order chi connectivity index (χ1) is 7.16. The van der Waals surface area contributed by atoms with Crippen LogP contribution in [0, 0.1) is 0 Å². The lowest BCUT2D eigenvalue weighted by Crippen LogP contribution is -2.17. The summed E-state index contributed by atoms with van der Waals surface area (Å²) < 4.78 is 0. The van der Waals surface area contributed by atoms with Crippen LogP contribution in [-0.2, 0) is 0 Å². The molecule has 1 unspecified atom stereocenters. The molecule has 0 radical (unpaired) electrons. The first-order valence-electron chi connectivity index (χ1n) is 4.57. The van der Waals surface area contributed by atoms with E-state index in [0.717, 1.165) is 4.88 Å². The molecule has 0 saturated heterocycles. The number of H-pyrrole nitrogens is 1. The quantitative estimate of drug-likeness (QED) is 0.807. The Hall–Kier alpha value is -1.46. The number of nitrogens with zero attached hydrogens (tertiary/aromatic N) is 1. The van der Waals surface area contributed by atoms with Gasteiger partial charge >= 0.3 is 0 Å². The Morgan fingerprint density at radius 3 is 3.00 bits per heavy atom. The fourth-order valence-electron chi connectivity index (χ4n) is 1.24. The molecule has 0 amide bonds. The van der Waals surface area contributed by atoms with Crippen LogP contribution in [-0.4, -0.2) is 9.97 Å². The number of nitrogens with two attached hydrogens (primary N) is 1. The van der Waals surface area contributed by atoms with E-state index in [1.54, 1.807) is 18.3 Å². The van der Waals surface area contributed by atoms with Gasteiger partial charge in [-0.2, -0.15) is 0 Å². The molecule has 2 aromatic heterocycles. The highest BCUT2D eigenvalue weighted by molar-refractivity contribution is 7.13. The Morgan fingerprint density at radius 2 is 2.40 bits per heavy atom. The molecular formula is C10H11N3OS. The molecule has 0 fully saturated rings. The molecule has 0 aliphatic heterocycles. The van der Waals surface area contributed by atoms with Crippen molar-refractivity contribution in [2.24, 2.45) is 5.73 Å². The average Bonchev–Trinajstić information content (AvgIpc) is 2.69. The third-order valence-corrected chi connectivity index (χ3v) is 2.86. The van der Waals surface area contributed by atoms with E-state index >= 15 is 0 Å². The van der Waals surface area contributed by atoms with E-state index in [-0.39, 0.29) is 11.6 Å². The Balaban J connectivity index is 2.54. The van der Waals surface area contributed by atoms with E-state index in [1.807, 2.05) is 17.5 Å². The third-order valence-electron chi connectivity index (χ3n) is 1.96. The minimum absolute atomic E-state index is 0.166.